The Labute approximate surface area is 142 Å². The fraction of sp³-hybridized carbons (Fsp3) is 0.200. The van der Waals surface area contributed by atoms with Crippen LogP contribution in [0, 0.1) is 0 Å². The summed E-state index contributed by atoms with van der Waals surface area (Å²) >= 11 is 0. The highest BCUT2D eigenvalue weighted by atomic mass is 15.3. The van der Waals surface area contributed by atoms with E-state index in [4.69, 9.17) is 4.98 Å². The lowest BCUT2D eigenvalue weighted by Gasteiger charge is -2.36. The summed E-state index contributed by atoms with van der Waals surface area (Å²) in [6, 6.07) is 20.8. The van der Waals surface area contributed by atoms with Crippen LogP contribution in [0.15, 0.2) is 73.1 Å². The Hall–Kier alpha value is -2.88. The van der Waals surface area contributed by atoms with E-state index in [9.17, 15) is 0 Å². The molecular weight excluding hydrogens is 296 g/mol. The highest BCUT2D eigenvalue weighted by Gasteiger charge is 2.18. The van der Waals surface area contributed by atoms with E-state index in [0.717, 1.165) is 43.3 Å². The Morgan fingerprint density at radius 1 is 0.667 bits per heavy atom. The first kappa shape index (κ1) is 14.7. The summed E-state index contributed by atoms with van der Waals surface area (Å²) in [4.78, 5) is 13.9. The van der Waals surface area contributed by atoms with Crippen LogP contribution in [0.25, 0.3) is 11.3 Å². The molecule has 1 fully saturated rings. The molecule has 2 heterocycles. The van der Waals surface area contributed by atoms with Crippen molar-refractivity contribution in [2.24, 2.45) is 0 Å². The molecule has 24 heavy (non-hydrogen) atoms. The van der Waals surface area contributed by atoms with Crippen molar-refractivity contribution in [1.29, 1.82) is 0 Å². The van der Waals surface area contributed by atoms with Crippen molar-refractivity contribution in [3.05, 3.63) is 73.1 Å². The first-order chi connectivity index (χ1) is 11.9. The summed E-state index contributed by atoms with van der Waals surface area (Å²) in [6.45, 7) is 3.92. The topological polar surface area (TPSA) is 32.3 Å². The van der Waals surface area contributed by atoms with Gasteiger partial charge in [0, 0.05) is 37.4 Å². The van der Waals surface area contributed by atoms with E-state index in [1.165, 1.54) is 5.69 Å². The lowest BCUT2D eigenvalue weighted by atomic mass is 10.2. The third-order valence-electron chi connectivity index (χ3n) is 4.42. The molecule has 0 saturated carbocycles. The first-order valence-electron chi connectivity index (χ1n) is 8.32. The molecule has 4 rings (SSSR count). The molecule has 1 aliphatic heterocycles. The van der Waals surface area contributed by atoms with Crippen molar-refractivity contribution in [3.63, 3.8) is 0 Å². The zero-order valence-electron chi connectivity index (χ0n) is 13.5. The first-order valence-corrected chi connectivity index (χ1v) is 8.32. The van der Waals surface area contributed by atoms with E-state index in [0.29, 0.717) is 0 Å². The van der Waals surface area contributed by atoms with Crippen LogP contribution in [0.5, 0.6) is 0 Å². The number of aromatic nitrogens is 2. The molecule has 4 heteroatoms. The second kappa shape index (κ2) is 6.71. The SMILES string of the molecule is c1ccc(-c2cncc(N3CCN(c4ccccc4)CC3)n2)cc1. The quantitative estimate of drug-likeness (QED) is 0.740. The lowest BCUT2D eigenvalue weighted by molar-refractivity contribution is 0.646. The molecule has 2 aromatic carbocycles. The Balaban J connectivity index is 1.48. The van der Waals surface area contributed by atoms with E-state index in [1.807, 2.05) is 30.6 Å². The summed E-state index contributed by atoms with van der Waals surface area (Å²) < 4.78 is 0. The molecule has 0 amide bonds. The van der Waals surface area contributed by atoms with Crippen molar-refractivity contribution >= 4 is 11.5 Å². The maximum Gasteiger partial charge on any atom is 0.147 e. The number of piperazine rings is 1. The summed E-state index contributed by atoms with van der Waals surface area (Å²) in [7, 11) is 0. The number of hydrogen-bond donors (Lipinski definition) is 0. The molecule has 0 bridgehead atoms. The number of rotatable bonds is 3. The van der Waals surface area contributed by atoms with Crippen molar-refractivity contribution < 1.29 is 0 Å². The highest BCUT2D eigenvalue weighted by molar-refractivity contribution is 5.60. The minimum absolute atomic E-state index is 0.929. The maximum atomic E-state index is 4.81. The van der Waals surface area contributed by atoms with Gasteiger partial charge in [-0.25, -0.2) is 4.98 Å². The maximum absolute atomic E-state index is 4.81. The lowest BCUT2D eigenvalue weighted by Crippen LogP contribution is -2.46. The van der Waals surface area contributed by atoms with E-state index < -0.39 is 0 Å². The molecule has 0 atom stereocenters. The fourth-order valence-corrected chi connectivity index (χ4v) is 3.09. The van der Waals surface area contributed by atoms with Gasteiger partial charge in [0.2, 0.25) is 0 Å². The van der Waals surface area contributed by atoms with E-state index in [1.54, 1.807) is 0 Å². The van der Waals surface area contributed by atoms with Crippen LogP contribution in [0.2, 0.25) is 0 Å². The van der Waals surface area contributed by atoms with Crippen molar-refractivity contribution in [2.45, 2.75) is 0 Å². The predicted octanol–water partition coefficient (Wildman–Crippen LogP) is 3.47. The number of nitrogens with zero attached hydrogens (tertiary/aromatic N) is 4. The van der Waals surface area contributed by atoms with Crippen molar-refractivity contribution in [2.75, 3.05) is 36.0 Å². The number of hydrogen-bond acceptors (Lipinski definition) is 4. The van der Waals surface area contributed by atoms with Crippen LogP contribution < -0.4 is 9.80 Å². The van der Waals surface area contributed by atoms with Gasteiger partial charge in [0.1, 0.15) is 5.82 Å². The number of anilines is 2. The molecule has 1 aromatic heterocycles. The zero-order valence-corrected chi connectivity index (χ0v) is 13.5. The Morgan fingerprint density at radius 2 is 1.29 bits per heavy atom. The minimum atomic E-state index is 0.929. The Kier molecular flexibility index (Phi) is 4.11. The molecule has 120 valence electrons. The monoisotopic (exact) mass is 316 g/mol. The van der Waals surface area contributed by atoms with Crippen LogP contribution in [0.4, 0.5) is 11.5 Å². The summed E-state index contributed by atoms with van der Waals surface area (Å²) in [5.74, 6) is 0.962. The molecule has 0 unspecified atom stereocenters. The normalized spacial score (nSPS) is 14.7. The standard InChI is InChI=1S/C20H20N4/c1-3-7-17(8-4-1)19-15-21-16-20(22-19)24-13-11-23(12-14-24)18-9-5-2-6-10-18/h1-10,15-16H,11-14H2. The minimum Gasteiger partial charge on any atom is -0.368 e. The molecule has 1 aliphatic rings. The second-order valence-corrected chi connectivity index (χ2v) is 5.94. The average Bonchev–Trinajstić information content (AvgIpc) is 2.70. The molecule has 4 nitrogen and oxygen atoms in total. The Morgan fingerprint density at radius 3 is 2.00 bits per heavy atom. The van der Waals surface area contributed by atoms with Gasteiger partial charge in [0.15, 0.2) is 0 Å². The van der Waals surface area contributed by atoms with Gasteiger partial charge in [-0.05, 0) is 12.1 Å². The van der Waals surface area contributed by atoms with E-state index in [2.05, 4.69) is 57.2 Å². The molecule has 1 saturated heterocycles. The van der Waals surface area contributed by atoms with Gasteiger partial charge >= 0.3 is 0 Å². The fourth-order valence-electron chi connectivity index (χ4n) is 3.09. The van der Waals surface area contributed by atoms with Crippen LogP contribution >= 0.6 is 0 Å². The van der Waals surface area contributed by atoms with Gasteiger partial charge in [0.25, 0.3) is 0 Å². The van der Waals surface area contributed by atoms with Gasteiger partial charge in [0.05, 0.1) is 18.1 Å². The average molecular weight is 316 g/mol. The molecule has 3 aromatic rings. The largest absolute Gasteiger partial charge is 0.368 e. The molecule has 0 N–H and O–H groups in total. The van der Waals surface area contributed by atoms with Gasteiger partial charge in [-0.1, -0.05) is 48.5 Å². The highest BCUT2D eigenvalue weighted by Crippen LogP contribution is 2.21. The molecule has 0 aliphatic carbocycles. The molecular formula is C20H20N4. The van der Waals surface area contributed by atoms with Crippen molar-refractivity contribution in [3.8, 4) is 11.3 Å². The molecule has 0 spiro atoms. The number of para-hydroxylation sites is 1. The third-order valence-corrected chi connectivity index (χ3v) is 4.42. The third kappa shape index (κ3) is 3.08. The van der Waals surface area contributed by atoms with E-state index >= 15 is 0 Å². The molecule has 0 radical (unpaired) electrons. The summed E-state index contributed by atoms with van der Waals surface area (Å²) in [5.41, 5.74) is 3.33. The summed E-state index contributed by atoms with van der Waals surface area (Å²) in [6.07, 6.45) is 3.70. The van der Waals surface area contributed by atoms with E-state index in [-0.39, 0.29) is 0 Å². The van der Waals surface area contributed by atoms with Gasteiger partial charge < -0.3 is 9.80 Å². The predicted molar refractivity (Wildman–Crippen MR) is 98.3 cm³/mol. The van der Waals surface area contributed by atoms with Gasteiger partial charge in [-0.2, -0.15) is 0 Å². The second-order valence-electron chi connectivity index (χ2n) is 5.94. The number of benzene rings is 2. The Bertz CT molecular complexity index is 781. The van der Waals surface area contributed by atoms with Crippen LogP contribution in [0.3, 0.4) is 0 Å². The summed E-state index contributed by atoms with van der Waals surface area (Å²) in [5, 5.41) is 0. The van der Waals surface area contributed by atoms with Crippen LogP contribution in [-0.2, 0) is 0 Å². The smallest absolute Gasteiger partial charge is 0.147 e. The zero-order chi connectivity index (χ0) is 16.2. The van der Waals surface area contributed by atoms with Crippen molar-refractivity contribution in [1.82, 2.24) is 9.97 Å². The van der Waals surface area contributed by atoms with Crippen LogP contribution in [-0.4, -0.2) is 36.1 Å². The van der Waals surface area contributed by atoms with Gasteiger partial charge in [-0.15, -0.1) is 0 Å². The van der Waals surface area contributed by atoms with Gasteiger partial charge in [-0.3, -0.25) is 4.98 Å². The van der Waals surface area contributed by atoms with Crippen LogP contribution in [0.1, 0.15) is 0 Å².